The number of ether oxygens (including phenoxy) is 2. The zero-order chi connectivity index (χ0) is 23.2. The van der Waals surface area contributed by atoms with Gasteiger partial charge in [-0.1, -0.05) is 37.3 Å². The van der Waals surface area contributed by atoms with Crippen molar-refractivity contribution in [2.45, 2.75) is 38.6 Å². The van der Waals surface area contributed by atoms with E-state index in [0.29, 0.717) is 19.6 Å². The van der Waals surface area contributed by atoms with Gasteiger partial charge in [0.25, 0.3) is 0 Å². The summed E-state index contributed by atoms with van der Waals surface area (Å²) in [6, 6.07) is 20.8. The number of para-hydroxylation sites is 3. The van der Waals surface area contributed by atoms with Crippen molar-refractivity contribution < 1.29 is 14.3 Å². The van der Waals surface area contributed by atoms with Crippen LogP contribution >= 0.6 is 0 Å². The summed E-state index contributed by atoms with van der Waals surface area (Å²) in [7, 11) is 0. The number of Topliss-reactive ketones (excluding diaryl/α,β-unsaturated/α-hetero) is 1. The van der Waals surface area contributed by atoms with Gasteiger partial charge in [0.15, 0.2) is 0 Å². The number of hydrogen-bond acceptors (Lipinski definition) is 5. The second-order valence-corrected chi connectivity index (χ2v) is 9.08. The zero-order valence-corrected chi connectivity index (χ0v) is 19.4. The van der Waals surface area contributed by atoms with Crippen LogP contribution < -0.4 is 14.8 Å². The Balaban J connectivity index is 1.31. The summed E-state index contributed by atoms with van der Waals surface area (Å²) < 4.78 is 14.4. The van der Waals surface area contributed by atoms with Crippen LogP contribution in [0.5, 0.6) is 11.5 Å². The quantitative estimate of drug-likeness (QED) is 0.412. The van der Waals surface area contributed by atoms with Gasteiger partial charge in [-0.05, 0) is 31.2 Å². The van der Waals surface area contributed by atoms with Crippen molar-refractivity contribution >= 4 is 22.5 Å². The number of aromatic nitrogens is 2. The fraction of sp³-hybridized carbons (Fsp3) is 0.286. The summed E-state index contributed by atoms with van der Waals surface area (Å²) in [5, 5.41) is 3.62. The van der Waals surface area contributed by atoms with Crippen LogP contribution in [-0.2, 0) is 11.2 Å². The molecule has 4 aromatic rings. The van der Waals surface area contributed by atoms with Crippen molar-refractivity contribution in [2.24, 2.45) is 0 Å². The lowest BCUT2D eigenvalue weighted by molar-refractivity contribution is -0.117. The molecule has 6 rings (SSSR count). The smallest absolute Gasteiger partial charge is 0.148 e. The average molecular weight is 454 g/mol. The van der Waals surface area contributed by atoms with Crippen LogP contribution in [0.4, 0.5) is 5.69 Å². The Bertz CT molecular complexity index is 1410. The molecule has 6 heteroatoms. The number of imidazole rings is 1. The number of aryl methyl sites for hydroxylation is 1. The number of fused-ring (bicyclic) bond motifs is 3. The molecule has 0 bridgehead atoms. The molecule has 2 aliphatic rings. The number of carbonyl (C=O) groups excluding carboxylic acids is 1. The van der Waals surface area contributed by atoms with E-state index < -0.39 is 0 Å². The molecule has 0 spiro atoms. The van der Waals surface area contributed by atoms with Gasteiger partial charge in [-0.2, -0.15) is 0 Å². The second-order valence-electron chi connectivity index (χ2n) is 9.08. The first-order valence-electron chi connectivity index (χ1n) is 11.9. The van der Waals surface area contributed by atoms with Crippen LogP contribution in [0.3, 0.4) is 0 Å². The van der Waals surface area contributed by atoms with E-state index >= 15 is 0 Å². The molecule has 0 radical (unpaired) electrons. The summed E-state index contributed by atoms with van der Waals surface area (Å²) >= 11 is 0. The van der Waals surface area contributed by atoms with E-state index in [1.165, 1.54) is 0 Å². The predicted molar refractivity (Wildman–Crippen MR) is 132 cm³/mol. The summed E-state index contributed by atoms with van der Waals surface area (Å²) in [6.07, 6.45) is 1.36. The molecular weight excluding hydrogens is 426 g/mol. The van der Waals surface area contributed by atoms with Gasteiger partial charge in [0.1, 0.15) is 29.7 Å². The van der Waals surface area contributed by atoms with E-state index in [2.05, 4.69) is 59.3 Å². The van der Waals surface area contributed by atoms with Gasteiger partial charge >= 0.3 is 0 Å². The Morgan fingerprint density at radius 3 is 2.79 bits per heavy atom. The highest BCUT2D eigenvalue weighted by atomic mass is 16.5. The molecular formula is C28H27N3O3. The van der Waals surface area contributed by atoms with E-state index in [1.807, 2.05) is 18.2 Å². The number of nitrogens with one attached hydrogen (secondary N) is 1. The Morgan fingerprint density at radius 2 is 1.94 bits per heavy atom. The molecule has 0 saturated heterocycles. The molecule has 2 atom stereocenters. The number of benzene rings is 3. The highest BCUT2D eigenvalue weighted by Crippen LogP contribution is 2.42. The maximum Gasteiger partial charge on any atom is 0.148 e. The Morgan fingerprint density at radius 1 is 1.06 bits per heavy atom. The van der Waals surface area contributed by atoms with Crippen LogP contribution in [0.2, 0.25) is 0 Å². The van der Waals surface area contributed by atoms with Crippen molar-refractivity contribution in [3.63, 3.8) is 0 Å². The van der Waals surface area contributed by atoms with Gasteiger partial charge in [-0.15, -0.1) is 0 Å². The maximum absolute atomic E-state index is 11.6. The monoisotopic (exact) mass is 453 g/mol. The highest BCUT2D eigenvalue weighted by molar-refractivity contribution is 5.79. The topological polar surface area (TPSA) is 65.4 Å². The van der Waals surface area contributed by atoms with Crippen LogP contribution in [0.25, 0.3) is 16.7 Å². The third-order valence-corrected chi connectivity index (χ3v) is 6.75. The van der Waals surface area contributed by atoms with E-state index in [1.54, 1.807) is 6.92 Å². The van der Waals surface area contributed by atoms with Gasteiger partial charge in [-0.3, -0.25) is 4.57 Å². The number of anilines is 1. The number of ketones is 1. The van der Waals surface area contributed by atoms with Crippen LogP contribution in [-0.4, -0.2) is 28.5 Å². The van der Waals surface area contributed by atoms with Gasteiger partial charge < -0.3 is 19.6 Å². The Labute approximate surface area is 198 Å². The largest absolute Gasteiger partial charge is 0.493 e. The maximum atomic E-state index is 11.6. The van der Waals surface area contributed by atoms with Crippen molar-refractivity contribution in [1.82, 2.24) is 9.55 Å². The van der Waals surface area contributed by atoms with Crippen LogP contribution in [0.15, 0.2) is 60.7 Å². The average Bonchev–Trinajstić information content (AvgIpc) is 3.54. The fourth-order valence-corrected chi connectivity index (χ4v) is 5.19. The number of carbonyl (C=O) groups is 1. The SMILES string of the molecule is CCc1nc2ccccc2n1-c1cccc2c1OCC2Nc1ccc2c(c1)OCC2CC(C)=O. The predicted octanol–water partition coefficient (Wildman–Crippen LogP) is 5.59. The molecule has 2 aliphatic heterocycles. The third kappa shape index (κ3) is 3.41. The number of hydrogen-bond donors (Lipinski definition) is 1. The lowest BCUT2D eigenvalue weighted by Gasteiger charge is -2.15. The van der Waals surface area contributed by atoms with Gasteiger partial charge in [0.2, 0.25) is 0 Å². The number of rotatable bonds is 6. The molecule has 0 saturated carbocycles. The first-order valence-corrected chi connectivity index (χ1v) is 11.9. The van der Waals surface area contributed by atoms with Gasteiger partial charge in [0.05, 0.1) is 29.4 Å². The Kier molecular flexibility index (Phi) is 5.01. The van der Waals surface area contributed by atoms with E-state index in [9.17, 15) is 4.79 Å². The summed E-state index contributed by atoms with van der Waals surface area (Å²) in [6.45, 7) is 4.87. The fourth-order valence-electron chi connectivity index (χ4n) is 5.19. The highest BCUT2D eigenvalue weighted by Gasteiger charge is 2.30. The second kappa shape index (κ2) is 8.20. The zero-order valence-electron chi connectivity index (χ0n) is 19.4. The lowest BCUT2D eigenvalue weighted by atomic mass is 9.96. The van der Waals surface area contributed by atoms with Crippen molar-refractivity contribution in [1.29, 1.82) is 0 Å². The molecule has 3 aromatic carbocycles. The minimum Gasteiger partial charge on any atom is -0.493 e. The molecule has 0 aliphatic carbocycles. The minimum absolute atomic E-state index is 0.0299. The first kappa shape index (κ1) is 20.8. The standard InChI is InChI=1S/C28H27N3O3/c1-3-27-30-22-8-4-5-9-24(22)31(27)25-10-6-7-21-23(16-34-28(21)25)29-19-11-12-20-18(13-17(2)32)15-33-26(20)14-19/h4-12,14,18,23,29H,3,13,15-16H2,1-2H3. The third-order valence-electron chi connectivity index (χ3n) is 6.75. The van der Waals surface area contributed by atoms with Crippen molar-refractivity contribution in [3.8, 4) is 17.2 Å². The van der Waals surface area contributed by atoms with Crippen LogP contribution in [0.1, 0.15) is 49.2 Å². The summed E-state index contributed by atoms with van der Waals surface area (Å²) in [4.78, 5) is 16.4. The number of nitrogens with zero attached hydrogens (tertiary/aromatic N) is 2. The molecule has 172 valence electrons. The van der Waals surface area contributed by atoms with E-state index in [0.717, 1.165) is 57.3 Å². The molecule has 0 fully saturated rings. The lowest BCUT2D eigenvalue weighted by Crippen LogP contribution is -2.11. The molecule has 6 nitrogen and oxygen atoms in total. The summed E-state index contributed by atoms with van der Waals surface area (Å²) in [5.41, 5.74) is 6.33. The molecule has 0 amide bonds. The normalized spacial score (nSPS) is 18.3. The van der Waals surface area contributed by atoms with E-state index in [4.69, 9.17) is 14.5 Å². The van der Waals surface area contributed by atoms with Crippen molar-refractivity contribution in [3.05, 3.63) is 77.6 Å². The molecule has 34 heavy (non-hydrogen) atoms. The molecule has 1 N–H and O–H groups in total. The van der Waals surface area contributed by atoms with E-state index in [-0.39, 0.29) is 17.7 Å². The van der Waals surface area contributed by atoms with Crippen molar-refractivity contribution in [2.75, 3.05) is 18.5 Å². The summed E-state index contributed by atoms with van der Waals surface area (Å²) in [5.74, 6) is 3.12. The minimum atomic E-state index is 0.0299. The Hall–Kier alpha value is -3.80. The first-order chi connectivity index (χ1) is 16.6. The molecule has 1 aromatic heterocycles. The van der Waals surface area contributed by atoms with Crippen LogP contribution in [0, 0.1) is 0 Å². The van der Waals surface area contributed by atoms with Gasteiger partial charge in [0, 0.05) is 41.6 Å². The molecule has 2 unspecified atom stereocenters. The molecule has 3 heterocycles. The van der Waals surface area contributed by atoms with Gasteiger partial charge in [-0.25, -0.2) is 4.98 Å².